The van der Waals surface area contributed by atoms with Crippen molar-refractivity contribution in [1.29, 1.82) is 0 Å². The molecule has 3 aromatic rings. The number of aromatic amines is 1. The van der Waals surface area contributed by atoms with E-state index in [0.29, 0.717) is 16.7 Å². The van der Waals surface area contributed by atoms with Crippen molar-refractivity contribution in [2.45, 2.75) is 19.4 Å². The Morgan fingerprint density at radius 1 is 1.29 bits per heavy atom. The van der Waals surface area contributed by atoms with Gasteiger partial charge in [-0.05, 0) is 30.7 Å². The van der Waals surface area contributed by atoms with Crippen LogP contribution in [0.15, 0.2) is 48.8 Å². The van der Waals surface area contributed by atoms with Crippen LogP contribution >= 0.6 is 11.6 Å². The second-order valence-electron chi connectivity index (χ2n) is 5.34. The number of amides is 1. The van der Waals surface area contributed by atoms with E-state index in [2.05, 4.69) is 25.5 Å². The van der Waals surface area contributed by atoms with Crippen LogP contribution in [0.5, 0.6) is 0 Å². The third-order valence-electron chi connectivity index (χ3n) is 3.52. The standard InChI is InChI=1S/C17H16ClN5O/c1-11(20-15(24)9-12-5-2-3-7-14(12)18)16-21-17(23-22-16)13-6-4-8-19-10-13/h2-8,10-11H,9H2,1H3,(H,20,24)(H,21,22,23)/t11-/m1/s1. The number of nitrogens with zero attached hydrogens (tertiary/aromatic N) is 3. The van der Waals surface area contributed by atoms with Crippen molar-refractivity contribution in [1.82, 2.24) is 25.5 Å². The van der Waals surface area contributed by atoms with Gasteiger partial charge in [0.15, 0.2) is 5.82 Å². The fourth-order valence-corrected chi connectivity index (χ4v) is 2.47. The Labute approximate surface area is 144 Å². The van der Waals surface area contributed by atoms with Gasteiger partial charge < -0.3 is 5.32 Å². The van der Waals surface area contributed by atoms with E-state index < -0.39 is 0 Å². The van der Waals surface area contributed by atoms with Gasteiger partial charge in [-0.2, -0.15) is 5.10 Å². The van der Waals surface area contributed by atoms with Gasteiger partial charge in [0.25, 0.3) is 0 Å². The average Bonchev–Trinajstić information content (AvgIpc) is 3.08. The highest BCUT2D eigenvalue weighted by Gasteiger charge is 2.15. The number of rotatable bonds is 5. The summed E-state index contributed by atoms with van der Waals surface area (Å²) in [5.41, 5.74) is 1.60. The third-order valence-corrected chi connectivity index (χ3v) is 3.89. The van der Waals surface area contributed by atoms with E-state index >= 15 is 0 Å². The van der Waals surface area contributed by atoms with Crippen LogP contribution in [0.2, 0.25) is 5.02 Å². The van der Waals surface area contributed by atoms with Gasteiger partial charge in [0.05, 0.1) is 12.5 Å². The third kappa shape index (κ3) is 3.78. The molecule has 2 heterocycles. The maximum absolute atomic E-state index is 12.2. The Kier molecular flexibility index (Phi) is 4.86. The van der Waals surface area contributed by atoms with Gasteiger partial charge in [0.1, 0.15) is 5.82 Å². The highest BCUT2D eigenvalue weighted by Crippen LogP contribution is 2.17. The second kappa shape index (κ2) is 7.23. The molecule has 0 aliphatic heterocycles. The van der Waals surface area contributed by atoms with Gasteiger partial charge in [-0.15, -0.1) is 0 Å². The number of aromatic nitrogens is 4. The van der Waals surface area contributed by atoms with Gasteiger partial charge >= 0.3 is 0 Å². The number of carbonyl (C=O) groups excluding carboxylic acids is 1. The quantitative estimate of drug-likeness (QED) is 0.747. The molecule has 1 aromatic carbocycles. The molecule has 0 saturated heterocycles. The molecule has 0 radical (unpaired) electrons. The molecule has 3 rings (SSSR count). The molecule has 0 aliphatic carbocycles. The van der Waals surface area contributed by atoms with Gasteiger partial charge in [-0.1, -0.05) is 29.8 Å². The lowest BCUT2D eigenvalue weighted by Gasteiger charge is -2.11. The van der Waals surface area contributed by atoms with Crippen LogP contribution < -0.4 is 5.32 Å². The number of hydrogen-bond donors (Lipinski definition) is 2. The molecule has 1 atom stereocenters. The first-order chi connectivity index (χ1) is 11.6. The zero-order valence-electron chi connectivity index (χ0n) is 13.0. The predicted molar refractivity (Wildman–Crippen MR) is 91.3 cm³/mol. The first-order valence-electron chi connectivity index (χ1n) is 7.49. The number of pyridine rings is 1. The van der Waals surface area contributed by atoms with Crippen molar-refractivity contribution in [3.63, 3.8) is 0 Å². The predicted octanol–water partition coefficient (Wildman–Crippen LogP) is 2.94. The van der Waals surface area contributed by atoms with Crippen LogP contribution in [0.3, 0.4) is 0 Å². The van der Waals surface area contributed by atoms with Crippen molar-refractivity contribution in [3.05, 3.63) is 65.2 Å². The van der Waals surface area contributed by atoms with Gasteiger partial charge in [-0.25, -0.2) is 4.98 Å². The van der Waals surface area contributed by atoms with E-state index in [9.17, 15) is 4.79 Å². The first kappa shape index (κ1) is 16.1. The maximum Gasteiger partial charge on any atom is 0.225 e. The Bertz CT molecular complexity index is 834. The molecule has 2 aromatic heterocycles. The molecule has 7 heteroatoms. The monoisotopic (exact) mass is 341 g/mol. The summed E-state index contributed by atoms with van der Waals surface area (Å²) in [5, 5.41) is 10.5. The lowest BCUT2D eigenvalue weighted by atomic mass is 10.1. The summed E-state index contributed by atoms with van der Waals surface area (Å²) in [4.78, 5) is 20.6. The molecule has 0 fully saturated rings. The molecule has 0 bridgehead atoms. The molecule has 0 aliphatic rings. The first-order valence-corrected chi connectivity index (χ1v) is 7.87. The topological polar surface area (TPSA) is 83.6 Å². The van der Waals surface area contributed by atoms with E-state index in [1.54, 1.807) is 18.5 Å². The number of hydrogen-bond acceptors (Lipinski definition) is 4. The fraction of sp³-hybridized carbons (Fsp3) is 0.176. The zero-order chi connectivity index (χ0) is 16.9. The summed E-state index contributed by atoms with van der Waals surface area (Å²) < 4.78 is 0. The Balaban J connectivity index is 1.65. The van der Waals surface area contributed by atoms with E-state index in [-0.39, 0.29) is 18.4 Å². The number of benzene rings is 1. The minimum absolute atomic E-state index is 0.130. The van der Waals surface area contributed by atoms with Crippen LogP contribution in [-0.4, -0.2) is 26.1 Å². The second-order valence-corrected chi connectivity index (χ2v) is 5.75. The number of carbonyl (C=O) groups is 1. The van der Waals surface area contributed by atoms with Crippen LogP contribution in [0, 0.1) is 0 Å². The van der Waals surface area contributed by atoms with Crippen molar-refractivity contribution < 1.29 is 4.79 Å². The molecule has 0 saturated carbocycles. The van der Waals surface area contributed by atoms with Crippen LogP contribution in [-0.2, 0) is 11.2 Å². The van der Waals surface area contributed by atoms with Gasteiger partial charge in [-0.3, -0.25) is 14.9 Å². The van der Waals surface area contributed by atoms with Crippen molar-refractivity contribution in [2.24, 2.45) is 0 Å². The molecule has 0 unspecified atom stereocenters. The van der Waals surface area contributed by atoms with Crippen molar-refractivity contribution >= 4 is 17.5 Å². The van der Waals surface area contributed by atoms with Gasteiger partial charge in [0.2, 0.25) is 5.91 Å². The SMILES string of the molecule is C[C@@H](NC(=O)Cc1ccccc1Cl)c1nc(-c2cccnc2)n[nH]1. The zero-order valence-corrected chi connectivity index (χ0v) is 13.8. The largest absolute Gasteiger partial charge is 0.346 e. The molecule has 122 valence electrons. The Hall–Kier alpha value is -2.73. The summed E-state index contributed by atoms with van der Waals surface area (Å²) in [6.07, 6.45) is 3.59. The van der Waals surface area contributed by atoms with E-state index in [4.69, 9.17) is 11.6 Å². The summed E-state index contributed by atoms with van der Waals surface area (Å²) in [7, 11) is 0. The average molecular weight is 342 g/mol. The van der Waals surface area contributed by atoms with E-state index in [1.807, 2.05) is 37.3 Å². The van der Waals surface area contributed by atoms with Crippen LogP contribution in [0.25, 0.3) is 11.4 Å². The summed E-state index contributed by atoms with van der Waals surface area (Å²) in [6, 6.07) is 10.7. The highest BCUT2D eigenvalue weighted by molar-refractivity contribution is 6.31. The molecular weight excluding hydrogens is 326 g/mol. The maximum atomic E-state index is 12.2. The smallest absolute Gasteiger partial charge is 0.225 e. The minimum atomic E-state index is -0.294. The van der Waals surface area contributed by atoms with Crippen molar-refractivity contribution in [3.8, 4) is 11.4 Å². The summed E-state index contributed by atoms with van der Waals surface area (Å²) in [5.74, 6) is 1.00. The molecule has 6 nitrogen and oxygen atoms in total. The molecule has 2 N–H and O–H groups in total. The Morgan fingerprint density at radius 3 is 2.88 bits per heavy atom. The van der Waals surface area contributed by atoms with E-state index in [0.717, 1.165) is 11.1 Å². The molecular formula is C17H16ClN5O. The summed E-state index contributed by atoms with van der Waals surface area (Å²) >= 11 is 6.08. The van der Waals surface area contributed by atoms with Crippen molar-refractivity contribution in [2.75, 3.05) is 0 Å². The Morgan fingerprint density at radius 2 is 2.12 bits per heavy atom. The lowest BCUT2D eigenvalue weighted by Crippen LogP contribution is -2.28. The van der Waals surface area contributed by atoms with Crippen LogP contribution in [0.4, 0.5) is 0 Å². The van der Waals surface area contributed by atoms with E-state index in [1.165, 1.54) is 0 Å². The molecule has 1 amide bonds. The van der Waals surface area contributed by atoms with Gasteiger partial charge in [0, 0.05) is 23.0 Å². The van der Waals surface area contributed by atoms with Crippen LogP contribution in [0.1, 0.15) is 24.4 Å². The lowest BCUT2D eigenvalue weighted by molar-refractivity contribution is -0.121. The fourth-order valence-electron chi connectivity index (χ4n) is 2.27. The number of H-pyrrole nitrogens is 1. The summed E-state index contributed by atoms with van der Waals surface area (Å²) in [6.45, 7) is 1.85. The number of nitrogens with one attached hydrogen (secondary N) is 2. The normalized spacial score (nSPS) is 11.9. The molecule has 24 heavy (non-hydrogen) atoms. The number of halogens is 1. The molecule has 0 spiro atoms. The minimum Gasteiger partial charge on any atom is -0.346 e. The highest BCUT2D eigenvalue weighted by atomic mass is 35.5.